The molecule has 0 spiro atoms. The zero-order valence-electron chi connectivity index (χ0n) is 10.8. The van der Waals surface area contributed by atoms with E-state index in [9.17, 15) is 4.79 Å². The maximum Gasteiger partial charge on any atom is 0.271 e. The van der Waals surface area contributed by atoms with E-state index in [0.717, 1.165) is 10.7 Å². The van der Waals surface area contributed by atoms with Crippen LogP contribution in [0.15, 0.2) is 29.8 Å². The summed E-state index contributed by atoms with van der Waals surface area (Å²) in [6, 6.07) is 5.29. The van der Waals surface area contributed by atoms with Gasteiger partial charge in [-0.3, -0.25) is 9.78 Å². The molecule has 19 heavy (non-hydrogen) atoms. The van der Waals surface area contributed by atoms with E-state index >= 15 is 0 Å². The summed E-state index contributed by atoms with van der Waals surface area (Å²) in [6.45, 7) is 3.73. The van der Waals surface area contributed by atoms with E-state index in [1.54, 1.807) is 11.6 Å². The summed E-state index contributed by atoms with van der Waals surface area (Å²) in [5.74, 6) is -0.207. The molecule has 2 aromatic rings. The van der Waals surface area contributed by atoms with Crippen LogP contribution in [0.1, 0.15) is 47.1 Å². The average Bonchev–Trinajstić information content (AvgIpc) is 2.89. The molecule has 0 radical (unpaired) electrons. The van der Waals surface area contributed by atoms with E-state index in [1.807, 2.05) is 32.0 Å². The Bertz CT molecular complexity index is 553. The number of thiazole rings is 1. The molecule has 0 aromatic carbocycles. The highest BCUT2D eigenvalue weighted by Crippen LogP contribution is 2.16. The van der Waals surface area contributed by atoms with Gasteiger partial charge in [-0.15, -0.1) is 11.3 Å². The van der Waals surface area contributed by atoms with Gasteiger partial charge in [0.1, 0.15) is 10.7 Å². The molecular weight excluding hydrogens is 260 g/mol. The molecule has 1 amide bonds. The van der Waals surface area contributed by atoms with Crippen LogP contribution >= 0.6 is 11.3 Å². The van der Waals surface area contributed by atoms with Crippen LogP contribution in [-0.4, -0.2) is 15.9 Å². The van der Waals surface area contributed by atoms with Crippen molar-refractivity contribution in [2.45, 2.75) is 25.9 Å². The number of amides is 1. The molecule has 0 aliphatic rings. The first kappa shape index (κ1) is 13.6. The second-order valence-electron chi connectivity index (χ2n) is 4.31. The number of hydrogen-bond donors (Lipinski definition) is 2. The van der Waals surface area contributed by atoms with Gasteiger partial charge in [-0.2, -0.15) is 0 Å². The summed E-state index contributed by atoms with van der Waals surface area (Å²) in [7, 11) is 0. The number of hydrogen-bond acceptors (Lipinski definition) is 5. The standard InChI is InChI=1S/C13H16N4OS/c1-8(14)13-17-11(7-19-13)12(18)16-9(2)10-5-3-4-6-15-10/h3-9H,14H2,1-2H3,(H,16,18). The largest absolute Gasteiger partial charge is 0.343 e. The molecule has 3 N–H and O–H groups in total. The summed E-state index contributed by atoms with van der Waals surface area (Å²) in [6.07, 6.45) is 1.70. The molecule has 2 unspecified atom stereocenters. The topological polar surface area (TPSA) is 80.9 Å². The van der Waals surface area contributed by atoms with Crippen molar-refractivity contribution in [1.29, 1.82) is 0 Å². The lowest BCUT2D eigenvalue weighted by Crippen LogP contribution is -2.27. The molecular formula is C13H16N4OS. The third-order valence-corrected chi connectivity index (χ3v) is 3.67. The number of nitrogens with two attached hydrogens (primary N) is 1. The normalized spacial score (nSPS) is 13.8. The Hall–Kier alpha value is -1.79. The highest BCUT2D eigenvalue weighted by Gasteiger charge is 2.16. The summed E-state index contributed by atoms with van der Waals surface area (Å²) in [5.41, 5.74) is 6.95. The lowest BCUT2D eigenvalue weighted by Gasteiger charge is -2.12. The van der Waals surface area contributed by atoms with Gasteiger partial charge in [0, 0.05) is 11.6 Å². The van der Waals surface area contributed by atoms with Crippen LogP contribution in [0, 0.1) is 0 Å². The molecule has 2 atom stereocenters. The maximum absolute atomic E-state index is 12.0. The minimum atomic E-state index is -0.207. The molecule has 100 valence electrons. The average molecular weight is 276 g/mol. The third kappa shape index (κ3) is 3.36. The Morgan fingerprint density at radius 2 is 2.21 bits per heavy atom. The highest BCUT2D eigenvalue weighted by atomic mass is 32.1. The molecule has 0 aliphatic carbocycles. The molecule has 2 heterocycles. The van der Waals surface area contributed by atoms with Gasteiger partial charge in [-0.1, -0.05) is 6.07 Å². The van der Waals surface area contributed by atoms with Crippen LogP contribution in [0.5, 0.6) is 0 Å². The number of carbonyl (C=O) groups excluding carboxylic acids is 1. The van der Waals surface area contributed by atoms with Gasteiger partial charge in [0.15, 0.2) is 0 Å². The number of nitrogens with zero attached hydrogens (tertiary/aromatic N) is 2. The molecule has 0 fully saturated rings. The highest BCUT2D eigenvalue weighted by molar-refractivity contribution is 7.09. The fourth-order valence-electron chi connectivity index (χ4n) is 1.58. The van der Waals surface area contributed by atoms with Crippen molar-refractivity contribution in [3.8, 4) is 0 Å². The second-order valence-corrected chi connectivity index (χ2v) is 5.20. The van der Waals surface area contributed by atoms with E-state index in [-0.39, 0.29) is 18.0 Å². The fraction of sp³-hybridized carbons (Fsp3) is 0.308. The van der Waals surface area contributed by atoms with Crippen molar-refractivity contribution in [1.82, 2.24) is 15.3 Å². The molecule has 0 bridgehead atoms. The Morgan fingerprint density at radius 1 is 1.42 bits per heavy atom. The Labute approximate surface area is 115 Å². The molecule has 6 heteroatoms. The molecule has 0 saturated carbocycles. The third-order valence-electron chi connectivity index (χ3n) is 2.62. The second kappa shape index (κ2) is 5.90. The van der Waals surface area contributed by atoms with Crippen LogP contribution in [0.2, 0.25) is 0 Å². The summed E-state index contributed by atoms with van der Waals surface area (Å²) in [5, 5.41) is 5.35. The molecule has 2 aromatic heterocycles. The molecule has 0 aliphatic heterocycles. The van der Waals surface area contributed by atoms with Crippen molar-refractivity contribution in [2.24, 2.45) is 5.73 Å². The Kier molecular flexibility index (Phi) is 4.24. The first-order valence-corrected chi connectivity index (χ1v) is 6.88. The molecule has 0 saturated heterocycles. The van der Waals surface area contributed by atoms with Crippen LogP contribution < -0.4 is 11.1 Å². The number of pyridine rings is 1. The monoisotopic (exact) mass is 276 g/mol. The van der Waals surface area contributed by atoms with Crippen molar-refractivity contribution in [3.63, 3.8) is 0 Å². The number of carbonyl (C=O) groups is 1. The van der Waals surface area contributed by atoms with Crippen molar-refractivity contribution >= 4 is 17.2 Å². The molecule has 2 rings (SSSR count). The van der Waals surface area contributed by atoms with E-state index in [0.29, 0.717) is 5.69 Å². The SMILES string of the molecule is CC(N)c1nc(C(=O)NC(C)c2ccccn2)cs1. The van der Waals surface area contributed by atoms with E-state index in [1.165, 1.54) is 11.3 Å². The van der Waals surface area contributed by atoms with Crippen LogP contribution in [-0.2, 0) is 0 Å². The Morgan fingerprint density at radius 3 is 2.79 bits per heavy atom. The van der Waals surface area contributed by atoms with Gasteiger partial charge in [-0.25, -0.2) is 4.98 Å². The predicted octanol–water partition coefficient (Wildman–Crippen LogP) is 2.05. The van der Waals surface area contributed by atoms with Gasteiger partial charge in [0.25, 0.3) is 5.91 Å². The van der Waals surface area contributed by atoms with Gasteiger partial charge in [0.2, 0.25) is 0 Å². The Balaban J connectivity index is 2.04. The lowest BCUT2D eigenvalue weighted by atomic mass is 10.2. The van der Waals surface area contributed by atoms with Crippen molar-refractivity contribution in [2.75, 3.05) is 0 Å². The number of rotatable bonds is 4. The first-order valence-electron chi connectivity index (χ1n) is 6.00. The zero-order chi connectivity index (χ0) is 13.8. The van der Waals surface area contributed by atoms with E-state index in [4.69, 9.17) is 5.73 Å². The first-order chi connectivity index (χ1) is 9.08. The quantitative estimate of drug-likeness (QED) is 0.895. The fourth-order valence-corrected chi connectivity index (χ4v) is 2.34. The van der Waals surface area contributed by atoms with Gasteiger partial charge in [0.05, 0.1) is 17.8 Å². The van der Waals surface area contributed by atoms with E-state index < -0.39 is 0 Å². The minimum Gasteiger partial charge on any atom is -0.343 e. The van der Waals surface area contributed by atoms with Crippen LogP contribution in [0.4, 0.5) is 0 Å². The molecule has 5 nitrogen and oxygen atoms in total. The van der Waals surface area contributed by atoms with Gasteiger partial charge in [-0.05, 0) is 26.0 Å². The van der Waals surface area contributed by atoms with Crippen molar-refractivity contribution in [3.05, 3.63) is 46.2 Å². The van der Waals surface area contributed by atoms with Crippen LogP contribution in [0.25, 0.3) is 0 Å². The van der Waals surface area contributed by atoms with Crippen molar-refractivity contribution < 1.29 is 4.79 Å². The smallest absolute Gasteiger partial charge is 0.271 e. The number of nitrogens with one attached hydrogen (secondary N) is 1. The summed E-state index contributed by atoms with van der Waals surface area (Å²) < 4.78 is 0. The van der Waals surface area contributed by atoms with E-state index in [2.05, 4.69) is 15.3 Å². The van der Waals surface area contributed by atoms with Crippen LogP contribution in [0.3, 0.4) is 0 Å². The predicted molar refractivity (Wildman–Crippen MR) is 74.8 cm³/mol. The zero-order valence-corrected chi connectivity index (χ0v) is 11.6. The summed E-state index contributed by atoms with van der Waals surface area (Å²) >= 11 is 1.40. The maximum atomic E-state index is 12.0. The lowest BCUT2D eigenvalue weighted by molar-refractivity contribution is 0.0934. The number of aromatic nitrogens is 2. The summed E-state index contributed by atoms with van der Waals surface area (Å²) in [4.78, 5) is 20.5. The van der Waals surface area contributed by atoms with Gasteiger partial charge < -0.3 is 11.1 Å². The minimum absolute atomic E-state index is 0.153. The van der Waals surface area contributed by atoms with Gasteiger partial charge >= 0.3 is 0 Å².